The van der Waals surface area contributed by atoms with Crippen molar-refractivity contribution < 1.29 is 4.74 Å². The van der Waals surface area contributed by atoms with Crippen LogP contribution in [0.15, 0.2) is 0 Å². The fourth-order valence-corrected chi connectivity index (χ4v) is 3.28. The molecule has 0 atom stereocenters. The highest BCUT2D eigenvalue weighted by molar-refractivity contribution is 4.92. The molecule has 0 radical (unpaired) electrons. The number of hydrogen-bond acceptors (Lipinski definition) is 2. The van der Waals surface area contributed by atoms with E-state index in [1.54, 1.807) is 0 Å². The molecule has 0 aromatic rings. The van der Waals surface area contributed by atoms with E-state index in [1.165, 1.54) is 38.5 Å². The highest BCUT2D eigenvalue weighted by Crippen LogP contribution is 2.43. The van der Waals surface area contributed by atoms with Crippen molar-refractivity contribution in [3.05, 3.63) is 0 Å². The van der Waals surface area contributed by atoms with Gasteiger partial charge in [0.2, 0.25) is 0 Å². The molecule has 2 aliphatic carbocycles. The van der Waals surface area contributed by atoms with Gasteiger partial charge in [-0.2, -0.15) is 0 Å². The maximum Gasteiger partial charge on any atom is 0.0806 e. The van der Waals surface area contributed by atoms with Crippen LogP contribution in [0.5, 0.6) is 0 Å². The molecule has 0 heterocycles. The first-order valence-electron chi connectivity index (χ1n) is 7.74. The van der Waals surface area contributed by atoms with Crippen molar-refractivity contribution in [3.8, 4) is 0 Å². The minimum atomic E-state index is 0.138. The minimum absolute atomic E-state index is 0.138. The second-order valence-corrected chi connectivity index (χ2v) is 7.61. The molecule has 0 aliphatic heterocycles. The summed E-state index contributed by atoms with van der Waals surface area (Å²) in [5.41, 5.74) is 0.599. The molecule has 0 aromatic heterocycles. The van der Waals surface area contributed by atoms with E-state index in [-0.39, 0.29) is 5.60 Å². The van der Waals surface area contributed by atoms with Gasteiger partial charge in [-0.1, -0.05) is 20.8 Å². The second-order valence-electron chi connectivity index (χ2n) is 7.61. The van der Waals surface area contributed by atoms with Crippen molar-refractivity contribution in [1.82, 2.24) is 5.32 Å². The Kier molecular flexibility index (Phi) is 4.38. The molecule has 18 heavy (non-hydrogen) atoms. The molecular weight excluding hydrogens is 222 g/mol. The van der Waals surface area contributed by atoms with Gasteiger partial charge in [0.15, 0.2) is 0 Å². The maximum atomic E-state index is 6.33. The Morgan fingerprint density at radius 2 is 1.72 bits per heavy atom. The number of hydrogen-bond donors (Lipinski definition) is 1. The summed E-state index contributed by atoms with van der Waals surface area (Å²) in [5, 5.41) is 3.35. The van der Waals surface area contributed by atoms with Gasteiger partial charge in [-0.05, 0) is 62.8 Å². The van der Waals surface area contributed by atoms with E-state index in [0.717, 1.165) is 25.0 Å². The molecule has 2 saturated carbocycles. The zero-order chi connectivity index (χ0) is 13.2. The van der Waals surface area contributed by atoms with Crippen molar-refractivity contribution in [1.29, 1.82) is 0 Å². The van der Waals surface area contributed by atoms with Crippen molar-refractivity contribution >= 4 is 0 Å². The van der Waals surface area contributed by atoms with Crippen LogP contribution in [0.4, 0.5) is 0 Å². The van der Waals surface area contributed by atoms with Crippen LogP contribution >= 0.6 is 0 Å². The molecular formula is C16H31NO. The molecule has 0 spiro atoms. The van der Waals surface area contributed by atoms with E-state index in [4.69, 9.17) is 4.74 Å². The molecule has 0 bridgehead atoms. The van der Waals surface area contributed by atoms with Gasteiger partial charge in [-0.15, -0.1) is 0 Å². The molecule has 1 N–H and O–H groups in total. The lowest BCUT2D eigenvalue weighted by molar-refractivity contribution is -0.0873. The SMILES string of the molecule is CNCC1(OCC2CC2)CCC(C(C)(C)C)CC1. The van der Waals surface area contributed by atoms with E-state index in [2.05, 4.69) is 33.1 Å². The Balaban J connectivity index is 1.87. The summed E-state index contributed by atoms with van der Waals surface area (Å²) in [4.78, 5) is 0. The molecule has 2 fully saturated rings. The average Bonchev–Trinajstić information content (AvgIpc) is 3.10. The maximum absolute atomic E-state index is 6.33. The first-order valence-corrected chi connectivity index (χ1v) is 7.74. The highest BCUT2D eigenvalue weighted by Gasteiger charge is 2.40. The molecule has 2 nitrogen and oxygen atoms in total. The van der Waals surface area contributed by atoms with Gasteiger partial charge in [-0.3, -0.25) is 0 Å². The summed E-state index contributed by atoms with van der Waals surface area (Å²) < 4.78 is 6.33. The number of nitrogens with one attached hydrogen (secondary N) is 1. The first kappa shape index (κ1) is 14.3. The molecule has 2 rings (SSSR count). The fourth-order valence-electron chi connectivity index (χ4n) is 3.28. The van der Waals surface area contributed by atoms with Gasteiger partial charge >= 0.3 is 0 Å². The largest absolute Gasteiger partial charge is 0.373 e. The second kappa shape index (κ2) is 5.50. The zero-order valence-corrected chi connectivity index (χ0v) is 12.7. The van der Waals surface area contributed by atoms with Gasteiger partial charge in [-0.25, -0.2) is 0 Å². The lowest BCUT2D eigenvalue weighted by atomic mass is 9.68. The topological polar surface area (TPSA) is 21.3 Å². The predicted molar refractivity (Wildman–Crippen MR) is 76.7 cm³/mol. The third kappa shape index (κ3) is 3.71. The van der Waals surface area contributed by atoms with E-state index in [1.807, 2.05) is 0 Å². The van der Waals surface area contributed by atoms with Crippen molar-refractivity contribution in [2.24, 2.45) is 17.3 Å². The van der Waals surface area contributed by atoms with Crippen LogP contribution in [0, 0.1) is 17.3 Å². The van der Waals surface area contributed by atoms with Crippen LogP contribution < -0.4 is 5.32 Å². The smallest absolute Gasteiger partial charge is 0.0806 e. The summed E-state index contributed by atoms with van der Waals surface area (Å²) in [6.07, 6.45) is 7.91. The normalized spacial score (nSPS) is 33.7. The van der Waals surface area contributed by atoms with Gasteiger partial charge < -0.3 is 10.1 Å². The summed E-state index contributed by atoms with van der Waals surface area (Å²) >= 11 is 0. The van der Waals surface area contributed by atoms with Crippen LogP contribution in [0.3, 0.4) is 0 Å². The fraction of sp³-hybridized carbons (Fsp3) is 1.00. The Bertz CT molecular complexity index is 257. The van der Waals surface area contributed by atoms with Crippen molar-refractivity contribution in [2.75, 3.05) is 20.2 Å². The van der Waals surface area contributed by atoms with Crippen LogP contribution in [0.2, 0.25) is 0 Å². The van der Waals surface area contributed by atoms with Gasteiger partial charge in [0.05, 0.1) is 12.2 Å². The standard InChI is InChI=1S/C16H31NO/c1-15(2,3)14-7-9-16(10-8-14,12-17-4)18-11-13-5-6-13/h13-14,17H,5-12H2,1-4H3. The van der Waals surface area contributed by atoms with E-state index < -0.39 is 0 Å². The number of likely N-dealkylation sites (N-methyl/N-ethyl adjacent to an activating group) is 1. The monoisotopic (exact) mass is 253 g/mol. The molecule has 2 aliphatic rings. The van der Waals surface area contributed by atoms with Gasteiger partial charge in [0, 0.05) is 6.54 Å². The average molecular weight is 253 g/mol. The molecule has 0 amide bonds. The Labute approximate surface area is 113 Å². The highest BCUT2D eigenvalue weighted by atomic mass is 16.5. The van der Waals surface area contributed by atoms with Crippen molar-refractivity contribution in [3.63, 3.8) is 0 Å². The summed E-state index contributed by atoms with van der Waals surface area (Å²) in [7, 11) is 2.05. The molecule has 0 saturated heterocycles. The van der Waals surface area contributed by atoms with Crippen LogP contribution in [0.1, 0.15) is 59.3 Å². The predicted octanol–water partition coefficient (Wildman–Crippen LogP) is 3.61. The minimum Gasteiger partial charge on any atom is -0.373 e. The van der Waals surface area contributed by atoms with E-state index in [0.29, 0.717) is 5.41 Å². The quantitative estimate of drug-likeness (QED) is 0.808. The lowest BCUT2D eigenvalue weighted by Gasteiger charge is -2.44. The van der Waals surface area contributed by atoms with Gasteiger partial charge in [0.1, 0.15) is 0 Å². The number of ether oxygens (including phenoxy) is 1. The van der Waals surface area contributed by atoms with Crippen LogP contribution in [-0.4, -0.2) is 25.8 Å². The van der Waals surface area contributed by atoms with Gasteiger partial charge in [0.25, 0.3) is 0 Å². The first-order chi connectivity index (χ1) is 8.45. The molecule has 106 valence electrons. The molecule has 0 aromatic carbocycles. The summed E-state index contributed by atoms with van der Waals surface area (Å²) in [5.74, 6) is 1.74. The van der Waals surface area contributed by atoms with Crippen molar-refractivity contribution in [2.45, 2.75) is 64.9 Å². The van der Waals surface area contributed by atoms with Crippen LogP contribution in [-0.2, 0) is 4.74 Å². The van der Waals surface area contributed by atoms with Crippen LogP contribution in [0.25, 0.3) is 0 Å². The summed E-state index contributed by atoms with van der Waals surface area (Å²) in [6.45, 7) is 9.17. The third-order valence-electron chi connectivity index (χ3n) is 4.94. The lowest BCUT2D eigenvalue weighted by Crippen LogP contribution is -2.46. The Hall–Kier alpha value is -0.0800. The van der Waals surface area contributed by atoms with E-state index >= 15 is 0 Å². The third-order valence-corrected chi connectivity index (χ3v) is 4.94. The molecule has 0 unspecified atom stereocenters. The van der Waals surface area contributed by atoms with E-state index in [9.17, 15) is 0 Å². The summed E-state index contributed by atoms with van der Waals surface area (Å²) in [6, 6.07) is 0. The Morgan fingerprint density at radius 3 is 2.17 bits per heavy atom. The number of rotatable bonds is 5. The zero-order valence-electron chi connectivity index (χ0n) is 12.7. The Morgan fingerprint density at radius 1 is 1.11 bits per heavy atom. The molecule has 2 heteroatoms.